The molecule has 4 heteroatoms. The van der Waals surface area contributed by atoms with Gasteiger partial charge in [-0.2, -0.15) is 0 Å². The molecule has 0 bridgehead atoms. The third-order valence-corrected chi connectivity index (χ3v) is 3.96. The first-order valence-electron chi connectivity index (χ1n) is 6.11. The molecule has 1 fully saturated rings. The summed E-state index contributed by atoms with van der Waals surface area (Å²) >= 11 is 0. The lowest BCUT2D eigenvalue weighted by molar-refractivity contribution is 0.0572. The second-order valence-corrected chi connectivity index (χ2v) is 5.08. The van der Waals surface area contributed by atoms with Gasteiger partial charge in [-0.15, -0.1) is 0 Å². The normalized spacial score (nSPS) is 37.4. The molecular weight excluding hydrogens is 216 g/mol. The van der Waals surface area contributed by atoms with Crippen LogP contribution in [0, 0.1) is 0 Å². The monoisotopic (exact) mass is 234 g/mol. The van der Waals surface area contributed by atoms with E-state index < -0.39 is 12.2 Å². The molecule has 3 rings (SSSR count). The van der Waals surface area contributed by atoms with Gasteiger partial charge >= 0.3 is 0 Å². The van der Waals surface area contributed by atoms with Crippen molar-refractivity contribution in [3.05, 3.63) is 35.4 Å². The molecule has 2 aliphatic rings. The van der Waals surface area contributed by atoms with Crippen LogP contribution in [0.2, 0.25) is 0 Å². The molecule has 1 aliphatic heterocycles. The van der Waals surface area contributed by atoms with E-state index in [0.717, 1.165) is 6.42 Å². The number of rotatable bonds is 1. The molecule has 4 unspecified atom stereocenters. The van der Waals surface area contributed by atoms with Crippen molar-refractivity contribution in [3.8, 4) is 0 Å². The molecule has 4 N–H and O–H groups in total. The number of β-amino-alcohol motifs (C(OH)–C–C–N with tert-alkyl or cyclic N) is 2. The fourth-order valence-electron chi connectivity index (χ4n) is 3.05. The Bertz CT molecular complexity index is 414. The van der Waals surface area contributed by atoms with Crippen LogP contribution in [0.25, 0.3) is 0 Å². The van der Waals surface area contributed by atoms with E-state index in [2.05, 4.69) is 17.0 Å². The van der Waals surface area contributed by atoms with E-state index in [4.69, 9.17) is 5.73 Å². The van der Waals surface area contributed by atoms with Gasteiger partial charge in [0.05, 0.1) is 12.2 Å². The lowest BCUT2D eigenvalue weighted by Crippen LogP contribution is -2.26. The molecule has 0 radical (unpaired) electrons. The molecule has 17 heavy (non-hydrogen) atoms. The van der Waals surface area contributed by atoms with Gasteiger partial charge < -0.3 is 15.9 Å². The number of nitrogens with two attached hydrogens (primary N) is 1. The van der Waals surface area contributed by atoms with Crippen molar-refractivity contribution >= 4 is 0 Å². The third-order valence-electron chi connectivity index (χ3n) is 3.96. The molecule has 92 valence electrons. The van der Waals surface area contributed by atoms with Crippen LogP contribution in [0.4, 0.5) is 0 Å². The Balaban J connectivity index is 1.87. The van der Waals surface area contributed by atoms with Crippen molar-refractivity contribution in [2.75, 3.05) is 13.1 Å². The van der Waals surface area contributed by atoms with Crippen LogP contribution in [-0.2, 0) is 0 Å². The van der Waals surface area contributed by atoms with Crippen LogP contribution in [-0.4, -0.2) is 40.4 Å². The van der Waals surface area contributed by atoms with Gasteiger partial charge in [-0.05, 0) is 17.5 Å². The first kappa shape index (κ1) is 11.2. The Morgan fingerprint density at radius 2 is 1.65 bits per heavy atom. The minimum Gasteiger partial charge on any atom is -0.389 e. The number of hydrogen-bond donors (Lipinski definition) is 3. The minimum atomic E-state index is -0.626. The summed E-state index contributed by atoms with van der Waals surface area (Å²) < 4.78 is 0. The number of aliphatic hydroxyl groups excluding tert-OH is 2. The molecule has 1 aliphatic carbocycles. The van der Waals surface area contributed by atoms with Crippen molar-refractivity contribution in [1.82, 2.24) is 4.90 Å². The first-order chi connectivity index (χ1) is 8.16. The number of nitrogens with zero attached hydrogens (tertiary/aromatic N) is 1. The van der Waals surface area contributed by atoms with Gasteiger partial charge in [-0.3, -0.25) is 4.90 Å². The Morgan fingerprint density at radius 3 is 2.29 bits per heavy atom. The zero-order valence-electron chi connectivity index (χ0n) is 9.66. The summed E-state index contributed by atoms with van der Waals surface area (Å²) in [6.07, 6.45) is -0.378. The highest BCUT2D eigenvalue weighted by Crippen LogP contribution is 2.41. The van der Waals surface area contributed by atoms with Crippen LogP contribution >= 0.6 is 0 Å². The largest absolute Gasteiger partial charge is 0.389 e. The maximum Gasteiger partial charge on any atom is 0.0938 e. The predicted molar refractivity (Wildman–Crippen MR) is 64.3 cm³/mol. The number of likely N-dealkylation sites (tertiary alicyclic amines) is 1. The van der Waals surface area contributed by atoms with Crippen molar-refractivity contribution in [2.45, 2.75) is 30.7 Å². The van der Waals surface area contributed by atoms with E-state index in [-0.39, 0.29) is 12.1 Å². The molecule has 0 aromatic heterocycles. The number of hydrogen-bond acceptors (Lipinski definition) is 4. The highest BCUT2D eigenvalue weighted by molar-refractivity contribution is 5.37. The lowest BCUT2D eigenvalue weighted by atomic mass is 10.1. The summed E-state index contributed by atoms with van der Waals surface area (Å²) in [5.41, 5.74) is 8.58. The smallest absolute Gasteiger partial charge is 0.0938 e. The third kappa shape index (κ3) is 1.77. The second kappa shape index (κ2) is 4.07. The average Bonchev–Trinajstić information content (AvgIpc) is 2.82. The van der Waals surface area contributed by atoms with Gasteiger partial charge in [0.15, 0.2) is 0 Å². The van der Waals surface area contributed by atoms with Gasteiger partial charge in [0.25, 0.3) is 0 Å². The van der Waals surface area contributed by atoms with E-state index in [9.17, 15) is 10.2 Å². The van der Waals surface area contributed by atoms with Crippen LogP contribution < -0.4 is 5.73 Å². The van der Waals surface area contributed by atoms with Crippen molar-refractivity contribution < 1.29 is 10.2 Å². The maximum atomic E-state index is 9.62. The molecule has 0 amide bonds. The van der Waals surface area contributed by atoms with Crippen LogP contribution in [0.5, 0.6) is 0 Å². The number of fused-ring (bicyclic) bond motifs is 1. The van der Waals surface area contributed by atoms with E-state index in [1.807, 2.05) is 12.1 Å². The van der Waals surface area contributed by atoms with E-state index in [1.165, 1.54) is 11.1 Å². The summed E-state index contributed by atoms with van der Waals surface area (Å²) in [5, 5.41) is 19.2. The van der Waals surface area contributed by atoms with Crippen LogP contribution in [0.15, 0.2) is 24.3 Å². The molecular formula is C13H18N2O2. The second-order valence-electron chi connectivity index (χ2n) is 5.08. The van der Waals surface area contributed by atoms with E-state index >= 15 is 0 Å². The zero-order chi connectivity index (χ0) is 12.0. The highest BCUT2D eigenvalue weighted by atomic mass is 16.3. The molecule has 0 spiro atoms. The van der Waals surface area contributed by atoms with Crippen molar-refractivity contribution in [3.63, 3.8) is 0 Å². The zero-order valence-corrected chi connectivity index (χ0v) is 9.66. The summed E-state index contributed by atoms with van der Waals surface area (Å²) in [7, 11) is 0. The number of benzene rings is 1. The van der Waals surface area contributed by atoms with E-state index in [0.29, 0.717) is 13.1 Å². The van der Waals surface area contributed by atoms with Crippen LogP contribution in [0.3, 0.4) is 0 Å². The average molecular weight is 234 g/mol. The van der Waals surface area contributed by atoms with E-state index in [1.54, 1.807) is 0 Å². The standard InChI is InChI=1S/C13H18N2O2/c14-10-5-11(9-4-2-1-3-8(9)10)15-6-12(16)13(17)7-15/h1-4,10-13,16-17H,5-7,14H2. The Labute approximate surface area is 101 Å². The quantitative estimate of drug-likeness (QED) is 0.648. The SMILES string of the molecule is NC1CC(N2CC(O)C(O)C2)c2ccccc21. The highest BCUT2D eigenvalue weighted by Gasteiger charge is 2.39. The molecule has 1 aromatic rings. The van der Waals surface area contributed by atoms with Crippen molar-refractivity contribution in [2.24, 2.45) is 5.73 Å². The predicted octanol–water partition coefficient (Wildman–Crippen LogP) is 0.169. The molecule has 1 saturated heterocycles. The van der Waals surface area contributed by atoms with Crippen molar-refractivity contribution in [1.29, 1.82) is 0 Å². The molecule has 4 nitrogen and oxygen atoms in total. The summed E-state index contributed by atoms with van der Waals surface area (Å²) in [4.78, 5) is 2.14. The van der Waals surface area contributed by atoms with Gasteiger partial charge in [-0.25, -0.2) is 0 Å². The van der Waals surface area contributed by atoms with Gasteiger partial charge in [-0.1, -0.05) is 24.3 Å². The topological polar surface area (TPSA) is 69.7 Å². The fourth-order valence-corrected chi connectivity index (χ4v) is 3.05. The van der Waals surface area contributed by atoms with Gasteiger partial charge in [0.1, 0.15) is 0 Å². The lowest BCUT2D eigenvalue weighted by Gasteiger charge is -2.24. The van der Waals surface area contributed by atoms with Gasteiger partial charge in [0.2, 0.25) is 0 Å². The molecule has 1 aromatic carbocycles. The Morgan fingerprint density at radius 1 is 1.06 bits per heavy atom. The summed E-state index contributed by atoms with van der Waals surface area (Å²) in [6, 6.07) is 8.52. The van der Waals surface area contributed by atoms with Gasteiger partial charge in [0, 0.05) is 25.2 Å². The summed E-state index contributed by atoms with van der Waals surface area (Å²) in [6.45, 7) is 1.07. The molecule has 1 heterocycles. The Hall–Kier alpha value is -0.940. The summed E-state index contributed by atoms with van der Waals surface area (Å²) in [5.74, 6) is 0. The molecule has 4 atom stereocenters. The first-order valence-corrected chi connectivity index (χ1v) is 6.11. The Kier molecular flexibility index (Phi) is 2.67. The maximum absolute atomic E-state index is 9.62. The fraction of sp³-hybridized carbons (Fsp3) is 0.538. The van der Waals surface area contributed by atoms with Crippen LogP contribution in [0.1, 0.15) is 29.6 Å². The minimum absolute atomic E-state index is 0.0751. The molecule has 0 saturated carbocycles. The number of aliphatic hydroxyl groups is 2.